The summed E-state index contributed by atoms with van der Waals surface area (Å²) in [5.74, 6) is 0. The number of rotatable bonds is 5. The van der Waals surface area contributed by atoms with Crippen LogP contribution < -0.4 is 16.4 Å². The van der Waals surface area contributed by atoms with E-state index in [9.17, 15) is 4.79 Å². The van der Waals surface area contributed by atoms with E-state index in [0.29, 0.717) is 6.54 Å². The van der Waals surface area contributed by atoms with Gasteiger partial charge in [-0.2, -0.15) is 0 Å². The van der Waals surface area contributed by atoms with Crippen molar-refractivity contribution in [2.75, 3.05) is 11.9 Å². The summed E-state index contributed by atoms with van der Waals surface area (Å²) in [4.78, 5) is 12.3. The fraction of sp³-hybridized carbons (Fsp3) is 0.353. The zero-order valence-electron chi connectivity index (χ0n) is 12.6. The summed E-state index contributed by atoms with van der Waals surface area (Å²) in [5, 5.41) is 8.09. The Balaban J connectivity index is 2.19. The van der Waals surface area contributed by atoms with Gasteiger partial charge in [-0.15, -0.1) is 0 Å². The summed E-state index contributed by atoms with van der Waals surface area (Å²) in [6, 6.07) is 13.6. The normalized spacial score (nSPS) is 11.4. The number of fused-ring (bicyclic) bond motifs is 1. The molecule has 2 rings (SSSR count). The molecule has 2 amide bonds. The topological polar surface area (TPSA) is 67.1 Å². The van der Waals surface area contributed by atoms with Crippen LogP contribution in [0, 0.1) is 0 Å². The zero-order valence-corrected chi connectivity index (χ0v) is 12.6. The molecule has 0 spiro atoms. The molecule has 0 aromatic heterocycles. The van der Waals surface area contributed by atoms with Crippen LogP contribution in [0.1, 0.15) is 26.7 Å². The maximum absolute atomic E-state index is 12.3. The number of carbonyl (C=O) groups is 1. The minimum Gasteiger partial charge on any atom is -0.331 e. The lowest BCUT2D eigenvalue weighted by Gasteiger charge is -2.31. The highest BCUT2D eigenvalue weighted by Gasteiger charge is 2.26. The van der Waals surface area contributed by atoms with E-state index in [1.165, 1.54) is 0 Å². The maximum atomic E-state index is 12.3. The Bertz CT molecular complexity index is 607. The first-order valence-corrected chi connectivity index (χ1v) is 7.41. The van der Waals surface area contributed by atoms with Gasteiger partial charge in [0.05, 0.1) is 11.2 Å². The van der Waals surface area contributed by atoms with E-state index < -0.39 is 0 Å². The summed E-state index contributed by atoms with van der Waals surface area (Å²) in [6.45, 7) is 4.51. The molecule has 0 bridgehead atoms. The average molecular weight is 285 g/mol. The molecule has 112 valence electrons. The molecule has 2 aromatic rings. The van der Waals surface area contributed by atoms with Gasteiger partial charge in [0.15, 0.2) is 0 Å². The lowest BCUT2D eigenvalue weighted by atomic mass is 9.93. The highest BCUT2D eigenvalue weighted by Crippen LogP contribution is 2.23. The molecule has 0 heterocycles. The smallest absolute Gasteiger partial charge is 0.319 e. The molecule has 0 atom stereocenters. The third-order valence-corrected chi connectivity index (χ3v) is 4.16. The Hall–Kier alpha value is -2.07. The molecular formula is C17H23N3O. The van der Waals surface area contributed by atoms with Crippen molar-refractivity contribution in [2.24, 2.45) is 5.73 Å². The molecular weight excluding hydrogens is 262 g/mol. The number of carbonyl (C=O) groups excluding carboxylic acids is 1. The Kier molecular flexibility index (Phi) is 4.81. The minimum absolute atomic E-state index is 0.208. The van der Waals surface area contributed by atoms with Crippen molar-refractivity contribution in [3.63, 3.8) is 0 Å². The van der Waals surface area contributed by atoms with Gasteiger partial charge in [0, 0.05) is 11.9 Å². The van der Waals surface area contributed by atoms with Gasteiger partial charge in [-0.05, 0) is 24.3 Å². The molecule has 0 saturated heterocycles. The third kappa shape index (κ3) is 3.34. The van der Waals surface area contributed by atoms with Gasteiger partial charge in [0.1, 0.15) is 0 Å². The van der Waals surface area contributed by atoms with Crippen LogP contribution in [0.5, 0.6) is 0 Å². The largest absolute Gasteiger partial charge is 0.331 e. The van der Waals surface area contributed by atoms with Crippen LogP contribution in [0.15, 0.2) is 42.5 Å². The van der Waals surface area contributed by atoms with Gasteiger partial charge in [0.2, 0.25) is 0 Å². The molecule has 0 fully saturated rings. The summed E-state index contributed by atoms with van der Waals surface area (Å²) in [5.41, 5.74) is 6.29. The SMILES string of the molecule is CCC(CC)(CN)NC(=O)Nc1cccc2ccccc12. The van der Waals surface area contributed by atoms with Crippen molar-refractivity contribution in [1.29, 1.82) is 0 Å². The van der Waals surface area contributed by atoms with Crippen LogP contribution in [0.25, 0.3) is 10.8 Å². The number of hydrogen-bond donors (Lipinski definition) is 3. The fourth-order valence-electron chi connectivity index (χ4n) is 2.50. The van der Waals surface area contributed by atoms with Gasteiger partial charge >= 0.3 is 6.03 Å². The fourth-order valence-corrected chi connectivity index (χ4v) is 2.50. The Morgan fingerprint density at radius 2 is 1.76 bits per heavy atom. The molecule has 4 nitrogen and oxygen atoms in total. The summed E-state index contributed by atoms with van der Waals surface area (Å²) in [7, 11) is 0. The first-order chi connectivity index (χ1) is 10.1. The summed E-state index contributed by atoms with van der Waals surface area (Å²) in [6.07, 6.45) is 1.62. The molecule has 0 radical (unpaired) electrons. The predicted molar refractivity (Wildman–Crippen MR) is 88.5 cm³/mol. The number of benzene rings is 2. The van der Waals surface area contributed by atoms with Crippen molar-refractivity contribution >= 4 is 22.5 Å². The van der Waals surface area contributed by atoms with Gasteiger partial charge in [-0.25, -0.2) is 4.79 Å². The van der Waals surface area contributed by atoms with Gasteiger partial charge in [-0.1, -0.05) is 50.2 Å². The molecule has 21 heavy (non-hydrogen) atoms. The van der Waals surface area contributed by atoms with Crippen LogP contribution >= 0.6 is 0 Å². The van der Waals surface area contributed by atoms with E-state index in [4.69, 9.17) is 5.73 Å². The predicted octanol–water partition coefficient (Wildman–Crippen LogP) is 3.48. The Morgan fingerprint density at radius 1 is 1.10 bits per heavy atom. The van der Waals surface area contributed by atoms with Crippen LogP contribution in [-0.2, 0) is 0 Å². The Morgan fingerprint density at radius 3 is 2.43 bits per heavy atom. The average Bonchev–Trinajstić information content (AvgIpc) is 2.53. The first kappa shape index (κ1) is 15.3. The first-order valence-electron chi connectivity index (χ1n) is 7.41. The van der Waals surface area contributed by atoms with Crippen molar-refractivity contribution in [3.05, 3.63) is 42.5 Å². The summed E-state index contributed by atoms with van der Waals surface area (Å²) < 4.78 is 0. The molecule has 2 aromatic carbocycles. The number of anilines is 1. The monoisotopic (exact) mass is 285 g/mol. The summed E-state index contributed by atoms with van der Waals surface area (Å²) >= 11 is 0. The van der Waals surface area contributed by atoms with Crippen molar-refractivity contribution < 1.29 is 4.79 Å². The van der Waals surface area contributed by atoms with Crippen LogP contribution in [0.4, 0.5) is 10.5 Å². The number of hydrogen-bond acceptors (Lipinski definition) is 2. The lowest BCUT2D eigenvalue weighted by molar-refractivity contribution is 0.233. The molecule has 0 aliphatic rings. The van der Waals surface area contributed by atoms with E-state index in [1.807, 2.05) is 56.3 Å². The quantitative estimate of drug-likeness (QED) is 0.787. The van der Waals surface area contributed by atoms with Crippen LogP contribution in [-0.4, -0.2) is 18.1 Å². The number of nitrogens with two attached hydrogens (primary N) is 1. The lowest BCUT2D eigenvalue weighted by Crippen LogP contribution is -2.54. The van der Waals surface area contributed by atoms with Crippen LogP contribution in [0.3, 0.4) is 0 Å². The zero-order chi connectivity index (χ0) is 15.3. The number of amides is 2. The van der Waals surface area contributed by atoms with Crippen molar-refractivity contribution in [1.82, 2.24) is 5.32 Å². The standard InChI is InChI=1S/C17H23N3O/c1-3-17(4-2,12-18)20-16(21)19-15-11-7-9-13-8-5-6-10-14(13)15/h5-11H,3-4,12,18H2,1-2H3,(H2,19,20,21). The van der Waals surface area contributed by atoms with Gasteiger partial charge in [-0.3, -0.25) is 0 Å². The molecule has 0 aliphatic heterocycles. The van der Waals surface area contributed by atoms with E-state index in [1.54, 1.807) is 0 Å². The molecule has 4 heteroatoms. The van der Waals surface area contributed by atoms with Gasteiger partial charge in [0.25, 0.3) is 0 Å². The molecule has 0 unspecified atom stereocenters. The highest BCUT2D eigenvalue weighted by molar-refractivity contribution is 6.01. The van der Waals surface area contributed by atoms with E-state index in [2.05, 4.69) is 10.6 Å². The van der Waals surface area contributed by atoms with Crippen molar-refractivity contribution in [2.45, 2.75) is 32.2 Å². The van der Waals surface area contributed by atoms with E-state index in [0.717, 1.165) is 29.3 Å². The second kappa shape index (κ2) is 6.59. The minimum atomic E-state index is -0.339. The molecule has 0 saturated carbocycles. The number of nitrogens with one attached hydrogen (secondary N) is 2. The van der Waals surface area contributed by atoms with E-state index >= 15 is 0 Å². The van der Waals surface area contributed by atoms with Crippen LogP contribution in [0.2, 0.25) is 0 Å². The van der Waals surface area contributed by atoms with Crippen molar-refractivity contribution in [3.8, 4) is 0 Å². The Labute approximate surface area is 125 Å². The highest BCUT2D eigenvalue weighted by atomic mass is 16.2. The maximum Gasteiger partial charge on any atom is 0.319 e. The second-order valence-corrected chi connectivity index (χ2v) is 5.30. The third-order valence-electron chi connectivity index (χ3n) is 4.16. The van der Waals surface area contributed by atoms with E-state index in [-0.39, 0.29) is 11.6 Å². The number of urea groups is 1. The molecule has 4 N–H and O–H groups in total. The van der Waals surface area contributed by atoms with Gasteiger partial charge < -0.3 is 16.4 Å². The second-order valence-electron chi connectivity index (χ2n) is 5.30. The molecule has 0 aliphatic carbocycles.